The first kappa shape index (κ1) is 15.2. The van der Waals surface area contributed by atoms with Crippen LogP contribution in [0.5, 0.6) is 0 Å². The summed E-state index contributed by atoms with van der Waals surface area (Å²) in [7, 11) is 0. The predicted octanol–water partition coefficient (Wildman–Crippen LogP) is 2.69. The van der Waals surface area contributed by atoms with E-state index in [1.807, 2.05) is 19.9 Å². The van der Waals surface area contributed by atoms with Crippen LogP contribution in [0.15, 0.2) is 12.1 Å². The first-order valence-electron chi connectivity index (χ1n) is 4.71. The number of nitrogens with two attached hydrogens (primary N) is 1. The van der Waals surface area contributed by atoms with Crippen molar-refractivity contribution in [1.29, 1.82) is 0 Å². The third-order valence-electron chi connectivity index (χ3n) is 1.76. The van der Waals surface area contributed by atoms with Gasteiger partial charge in [0.25, 0.3) is 0 Å². The molecule has 1 aromatic rings. The Morgan fingerprint density at radius 1 is 1.47 bits per heavy atom. The lowest BCUT2D eigenvalue weighted by atomic mass is 10.1. The maximum Gasteiger partial charge on any atom is 0.0931 e. The molecule has 2 nitrogen and oxygen atoms in total. The number of halogens is 2. The summed E-state index contributed by atoms with van der Waals surface area (Å²) in [5.41, 5.74) is 5.71. The normalized spacial score (nSPS) is 11.2. The SMILES string of the molecule is CC(C)(N)CNCCc1ccc(Cl)s1.Cl. The Hall–Kier alpha value is 0.200. The van der Waals surface area contributed by atoms with Crippen LogP contribution in [0.25, 0.3) is 0 Å². The molecule has 0 radical (unpaired) electrons. The number of nitrogens with one attached hydrogen (secondary N) is 1. The lowest BCUT2D eigenvalue weighted by Crippen LogP contribution is -2.43. The maximum atomic E-state index is 5.84. The van der Waals surface area contributed by atoms with Crippen molar-refractivity contribution in [1.82, 2.24) is 5.32 Å². The Morgan fingerprint density at radius 3 is 2.60 bits per heavy atom. The van der Waals surface area contributed by atoms with E-state index < -0.39 is 0 Å². The number of hydrogen-bond acceptors (Lipinski definition) is 3. The van der Waals surface area contributed by atoms with Gasteiger partial charge in [-0.05, 0) is 32.4 Å². The zero-order chi connectivity index (χ0) is 10.6. The van der Waals surface area contributed by atoms with E-state index in [0.29, 0.717) is 0 Å². The van der Waals surface area contributed by atoms with Crippen molar-refractivity contribution in [3.63, 3.8) is 0 Å². The van der Waals surface area contributed by atoms with Crippen LogP contribution in [0.4, 0.5) is 0 Å². The summed E-state index contributed by atoms with van der Waals surface area (Å²) in [6.45, 7) is 5.83. The van der Waals surface area contributed by atoms with Gasteiger partial charge >= 0.3 is 0 Å². The molecular formula is C10H18Cl2N2S. The van der Waals surface area contributed by atoms with Gasteiger partial charge in [0.15, 0.2) is 0 Å². The predicted molar refractivity (Wildman–Crippen MR) is 71.4 cm³/mol. The molecule has 0 saturated heterocycles. The summed E-state index contributed by atoms with van der Waals surface area (Å²) in [6, 6.07) is 4.01. The van der Waals surface area contributed by atoms with Crippen molar-refractivity contribution in [2.24, 2.45) is 5.73 Å². The Morgan fingerprint density at radius 2 is 2.13 bits per heavy atom. The molecule has 5 heteroatoms. The van der Waals surface area contributed by atoms with Gasteiger partial charge < -0.3 is 11.1 Å². The van der Waals surface area contributed by atoms with E-state index in [1.165, 1.54) is 4.88 Å². The van der Waals surface area contributed by atoms with Crippen LogP contribution in [0.2, 0.25) is 4.34 Å². The first-order valence-corrected chi connectivity index (χ1v) is 5.91. The smallest absolute Gasteiger partial charge is 0.0931 e. The molecular weight excluding hydrogens is 251 g/mol. The third-order valence-corrected chi connectivity index (χ3v) is 3.05. The van der Waals surface area contributed by atoms with Crippen LogP contribution in [-0.4, -0.2) is 18.6 Å². The molecule has 1 rings (SSSR count). The van der Waals surface area contributed by atoms with E-state index in [0.717, 1.165) is 23.8 Å². The Balaban J connectivity index is 0.00000196. The van der Waals surface area contributed by atoms with Crippen molar-refractivity contribution in [2.45, 2.75) is 25.8 Å². The summed E-state index contributed by atoms with van der Waals surface area (Å²) < 4.78 is 0.860. The molecule has 0 spiro atoms. The van der Waals surface area contributed by atoms with Crippen LogP contribution >= 0.6 is 35.3 Å². The van der Waals surface area contributed by atoms with Crippen LogP contribution < -0.4 is 11.1 Å². The van der Waals surface area contributed by atoms with Gasteiger partial charge in [0, 0.05) is 23.5 Å². The van der Waals surface area contributed by atoms with E-state index in [2.05, 4.69) is 11.4 Å². The fourth-order valence-corrected chi connectivity index (χ4v) is 2.20. The Labute approximate surface area is 107 Å². The summed E-state index contributed by atoms with van der Waals surface area (Å²) >= 11 is 7.46. The number of rotatable bonds is 5. The lowest BCUT2D eigenvalue weighted by molar-refractivity contribution is 0.469. The monoisotopic (exact) mass is 268 g/mol. The van der Waals surface area contributed by atoms with Crippen molar-refractivity contribution in [2.75, 3.05) is 13.1 Å². The van der Waals surface area contributed by atoms with Crippen LogP contribution in [0.3, 0.4) is 0 Å². The van der Waals surface area contributed by atoms with E-state index in [1.54, 1.807) is 11.3 Å². The van der Waals surface area contributed by atoms with E-state index in [9.17, 15) is 0 Å². The Kier molecular flexibility index (Phi) is 6.80. The van der Waals surface area contributed by atoms with Gasteiger partial charge in [0.05, 0.1) is 4.34 Å². The quantitative estimate of drug-likeness (QED) is 0.806. The number of thiophene rings is 1. The third kappa shape index (κ3) is 7.14. The summed E-state index contributed by atoms with van der Waals surface area (Å²) in [5, 5.41) is 3.32. The second-order valence-corrected chi connectivity index (χ2v) is 5.92. The second-order valence-electron chi connectivity index (χ2n) is 4.12. The van der Waals surface area contributed by atoms with Crippen molar-refractivity contribution < 1.29 is 0 Å². The second kappa shape index (κ2) is 6.71. The highest BCUT2D eigenvalue weighted by molar-refractivity contribution is 7.16. The molecule has 0 aliphatic carbocycles. The van der Waals surface area contributed by atoms with E-state index in [4.69, 9.17) is 17.3 Å². The molecule has 88 valence electrons. The molecule has 0 aromatic carbocycles. The number of hydrogen-bond donors (Lipinski definition) is 2. The topological polar surface area (TPSA) is 38.0 Å². The minimum absolute atomic E-state index is 0. The average Bonchev–Trinajstić information content (AvgIpc) is 2.44. The van der Waals surface area contributed by atoms with Crippen LogP contribution in [0, 0.1) is 0 Å². The minimum atomic E-state index is -0.132. The molecule has 0 aliphatic heterocycles. The lowest BCUT2D eigenvalue weighted by Gasteiger charge is -2.18. The molecule has 0 aliphatic rings. The molecule has 1 aromatic heterocycles. The zero-order valence-corrected chi connectivity index (χ0v) is 11.4. The molecule has 0 atom stereocenters. The molecule has 1 heterocycles. The summed E-state index contributed by atoms with van der Waals surface area (Å²) in [6.07, 6.45) is 1.02. The van der Waals surface area contributed by atoms with Gasteiger partial charge in [0.1, 0.15) is 0 Å². The maximum absolute atomic E-state index is 5.84. The van der Waals surface area contributed by atoms with E-state index in [-0.39, 0.29) is 17.9 Å². The first-order chi connectivity index (χ1) is 6.47. The summed E-state index contributed by atoms with van der Waals surface area (Å²) in [5.74, 6) is 0. The molecule has 0 unspecified atom stereocenters. The average molecular weight is 269 g/mol. The highest BCUT2D eigenvalue weighted by atomic mass is 35.5. The molecule has 0 amide bonds. The van der Waals surface area contributed by atoms with Crippen molar-refractivity contribution >= 4 is 35.3 Å². The van der Waals surface area contributed by atoms with Gasteiger partial charge in [-0.1, -0.05) is 11.6 Å². The van der Waals surface area contributed by atoms with Gasteiger partial charge in [-0.25, -0.2) is 0 Å². The molecule has 0 bridgehead atoms. The van der Waals surface area contributed by atoms with Crippen molar-refractivity contribution in [3.05, 3.63) is 21.3 Å². The Bertz CT molecular complexity index is 281. The van der Waals surface area contributed by atoms with Gasteiger partial charge in [-0.2, -0.15) is 0 Å². The molecule has 0 fully saturated rings. The minimum Gasteiger partial charge on any atom is -0.324 e. The van der Waals surface area contributed by atoms with Crippen LogP contribution in [-0.2, 0) is 6.42 Å². The molecule has 0 saturated carbocycles. The van der Waals surface area contributed by atoms with E-state index >= 15 is 0 Å². The fourth-order valence-electron chi connectivity index (χ4n) is 1.11. The summed E-state index contributed by atoms with van der Waals surface area (Å²) in [4.78, 5) is 1.32. The zero-order valence-electron chi connectivity index (χ0n) is 9.05. The van der Waals surface area contributed by atoms with Crippen molar-refractivity contribution in [3.8, 4) is 0 Å². The highest BCUT2D eigenvalue weighted by Crippen LogP contribution is 2.21. The molecule has 15 heavy (non-hydrogen) atoms. The fraction of sp³-hybridized carbons (Fsp3) is 0.600. The van der Waals surface area contributed by atoms with Gasteiger partial charge in [-0.3, -0.25) is 0 Å². The standard InChI is InChI=1S/C10H17ClN2S.ClH/c1-10(2,12)7-13-6-5-8-3-4-9(11)14-8;/h3-4,13H,5-7,12H2,1-2H3;1H. The van der Waals surface area contributed by atoms with Crippen LogP contribution in [0.1, 0.15) is 18.7 Å². The van der Waals surface area contributed by atoms with Gasteiger partial charge in [-0.15, -0.1) is 23.7 Å². The highest BCUT2D eigenvalue weighted by Gasteiger charge is 2.08. The molecule has 3 N–H and O–H groups in total. The largest absolute Gasteiger partial charge is 0.324 e. The van der Waals surface area contributed by atoms with Gasteiger partial charge in [0.2, 0.25) is 0 Å².